The van der Waals surface area contributed by atoms with E-state index < -0.39 is 5.54 Å². The van der Waals surface area contributed by atoms with Crippen LogP contribution < -0.4 is 5.32 Å². The van der Waals surface area contributed by atoms with E-state index in [-0.39, 0.29) is 17.6 Å². The average Bonchev–Trinajstić information content (AvgIpc) is 3.15. The summed E-state index contributed by atoms with van der Waals surface area (Å²) in [4.78, 5) is 12.0. The Morgan fingerprint density at radius 1 is 1.65 bits per heavy atom. The Bertz CT molecular complexity index is 532. The molecule has 1 fully saturated rings. The van der Waals surface area contributed by atoms with E-state index in [4.69, 9.17) is 0 Å². The molecule has 1 heterocycles. The van der Waals surface area contributed by atoms with Crippen LogP contribution in [0.1, 0.15) is 39.7 Å². The van der Waals surface area contributed by atoms with Crippen LogP contribution in [0.4, 0.5) is 0 Å². The highest BCUT2D eigenvalue weighted by atomic mass is 32.2. The molecule has 7 nitrogen and oxygen atoms in total. The van der Waals surface area contributed by atoms with Gasteiger partial charge in [-0.1, -0.05) is 25.6 Å². The Balaban J connectivity index is 1.89. The maximum absolute atomic E-state index is 12.0. The minimum atomic E-state index is -0.847. The fourth-order valence-corrected chi connectivity index (χ4v) is 2.33. The van der Waals surface area contributed by atoms with Gasteiger partial charge in [-0.15, -0.1) is 5.10 Å². The van der Waals surface area contributed by atoms with E-state index in [2.05, 4.69) is 26.9 Å². The van der Waals surface area contributed by atoms with Crippen LogP contribution in [-0.2, 0) is 4.79 Å². The van der Waals surface area contributed by atoms with Gasteiger partial charge < -0.3 is 5.32 Å². The largest absolute Gasteiger partial charge is 0.337 e. The van der Waals surface area contributed by atoms with Crippen molar-refractivity contribution < 1.29 is 4.79 Å². The van der Waals surface area contributed by atoms with Crippen LogP contribution >= 0.6 is 11.8 Å². The Kier molecular flexibility index (Phi) is 4.28. The maximum atomic E-state index is 12.0. The lowest BCUT2D eigenvalue weighted by molar-refractivity contribution is -0.120. The molecule has 0 saturated heterocycles. The topological polar surface area (TPSA) is 96.5 Å². The van der Waals surface area contributed by atoms with Crippen LogP contribution in [0, 0.1) is 17.2 Å². The minimum absolute atomic E-state index is 0.0400. The summed E-state index contributed by atoms with van der Waals surface area (Å²) in [5.74, 6) is 0.0632. The number of rotatable bonds is 6. The van der Waals surface area contributed by atoms with E-state index >= 15 is 0 Å². The first-order valence-electron chi connectivity index (χ1n) is 6.59. The molecule has 0 aliphatic heterocycles. The van der Waals surface area contributed by atoms with Crippen LogP contribution in [0.5, 0.6) is 0 Å². The van der Waals surface area contributed by atoms with Crippen molar-refractivity contribution in [1.29, 1.82) is 5.26 Å². The van der Waals surface area contributed by atoms with Gasteiger partial charge in [0, 0.05) is 0 Å². The smallest absolute Gasteiger partial charge is 0.231 e. The molecule has 1 aromatic rings. The quantitative estimate of drug-likeness (QED) is 0.791. The van der Waals surface area contributed by atoms with Crippen molar-refractivity contribution in [2.45, 2.75) is 50.4 Å². The van der Waals surface area contributed by atoms with Crippen molar-refractivity contribution in [2.75, 3.05) is 5.75 Å². The van der Waals surface area contributed by atoms with E-state index in [0.717, 1.165) is 12.8 Å². The normalized spacial score (nSPS) is 17.6. The van der Waals surface area contributed by atoms with E-state index in [9.17, 15) is 10.1 Å². The molecule has 20 heavy (non-hydrogen) atoms. The summed E-state index contributed by atoms with van der Waals surface area (Å²) in [6, 6.07) is 2.54. The predicted octanol–water partition coefficient (Wildman–Crippen LogP) is 1.15. The Morgan fingerprint density at radius 2 is 2.35 bits per heavy atom. The Morgan fingerprint density at radius 3 is 2.90 bits per heavy atom. The molecule has 0 aromatic carbocycles. The van der Waals surface area contributed by atoms with Gasteiger partial charge >= 0.3 is 0 Å². The molecule has 0 spiro atoms. The second kappa shape index (κ2) is 5.79. The number of thioether (sulfide) groups is 1. The summed E-state index contributed by atoms with van der Waals surface area (Å²) in [6.45, 7) is 5.54. The number of hydrogen-bond acceptors (Lipinski definition) is 6. The van der Waals surface area contributed by atoms with Gasteiger partial charge in [-0.3, -0.25) is 4.79 Å². The molecule has 0 radical (unpaired) electrons. The van der Waals surface area contributed by atoms with Gasteiger partial charge in [0.25, 0.3) is 0 Å². The fraction of sp³-hybridized carbons (Fsp3) is 0.750. The first-order valence-corrected chi connectivity index (χ1v) is 7.57. The van der Waals surface area contributed by atoms with Crippen LogP contribution in [0.3, 0.4) is 0 Å². The molecular formula is C12H18N6OS. The third-order valence-electron chi connectivity index (χ3n) is 3.47. The number of carbonyl (C=O) groups is 1. The standard InChI is InChI=1S/C12H18N6OS/c1-8(2)12(3,7-13)14-10(19)6-20-11-15-16-17-18(11)9-4-5-9/h8-9H,4-6H2,1-3H3,(H,14,19)/t12-/m1/s1. The van der Waals surface area contributed by atoms with Gasteiger partial charge in [0.2, 0.25) is 11.1 Å². The van der Waals surface area contributed by atoms with Gasteiger partial charge in [0.1, 0.15) is 5.54 Å². The first-order chi connectivity index (χ1) is 9.46. The van der Waals surface area contributed by atoms with E-state index in [1.807, 2.05) is 13.8 Å². The fourth-order valence-electron chi connectivity index (χ4n) is 1.59. The van der Waals surface area contributed by atoms with E-state index in [1.54, 1.807) is 11.6 Å². The molecule has 0 unspecified atom stereocenters. The van der Waals surface area contributed by atoms with Crippen LogP contribution in [-0.4, -0.2) is 37.4 Å². The SMILES string of the molecule is CC(C)[C@@](C)(C#N)NC(=O)CSc1nnnn1C1CC1. The molecular weight excluding hydrogens is 276 g/mol. The van der Waals surface area contributed by atoms with Gasteiger partial charge in [0.15, 0.2) is 0 Å². The van der Waals surface area contributed by atoms with E-state index in [0.29, 0.717) is 11.2 Å². The lowest BCUT2D eigenvalue weighted by Crippen LogP contribution is -2.49. The van der Waals surface area contributed by atoms with Gasteiger partial charge in [-0.2, -0.15) is 5.26 Å². The number of aromatic nitrogens is 4. The summed E-state index contributed by atoms with van der Waals surface area (Å²) < 4.78 is 1.77. The van der Waals surface area contributed by atoms with Gasteiger partial charge in [0.05, 0.1) is 17.9 Å². The molecule has 1 aliphatic carbocycles. The molecule has 8 heteroatoms. The number of nitrogens with zero attached hydrogens (tertiary/aromatic N) is 5. The minimum Gasteiger partial charge on any atom is -0.337 e. The van der Waals surface area contributed by atoms with Crippen LogP contribution in [0.2, 0.25) is 0 Å². The number of tetrazole rings is 1. The van der Waals surface area contributed by atoms with Crippen molar-refractivity contribution in [3.8, 4) is 6.07 Å². The summed E-state index contributed by atoms with van der Waals surface area (Å²) in [5, 5.41) is 24.1. The molecule has 0 bridgehead atoms. The number of nitriles is 1. The van der Waals surface area contributed by atoms with Crippen molar-refractivity contribution in [3.63, 3.8) is 0 Å². The third kappa shape index (κ3) is 3.28. The third-order valence-corrected chi connectivity index (χ3v) is 4.41. The second-order valence-corrected chi connectivity index (χ2v) is 6.39. The highest BCUT2D eigenvalue weighted by Gasteiger charge is 2.31. The first kappa shape index (κ1) is 14.8. The van der Waals surface area contributed by atoms with Crippen molar-refractivity contribution >= 4 is 17.7 Å². The highest BCUT2D eigenvalue weighted by molar-refractivity contribution is 7.99. The summed E-state index contributed by atoms with van der Waals surface area (Å²) in [6.07, 6.45) is 2.18. The number of amides is 1. The molecule has 1 amide bonds. The van der Waals surface area contributed by atoms with Crippen LogP contribution in [0.25, 0.3) is 0 Å². The molecule has 1 saturated carbocycles. The van der Waals surface area contributed by atoms with Crippen molar-refractivity contribution in [1.82, 2.24) is 25.5 Å². The molecule has 1 aliphatic rings. The summed E-state index contributed by atoms with van der Waals surface area (Å²) in [7, 11) is 0. The summed E-state index contributed by atoms with van der Waals surface area (Å²) in [5.41, 5.74) is -0.847. The molecule has 2 rings (SSSR count). The Labute approximate surface area is 122 Å². The van der Waals surface area contributed by atoms with Gasteiger partial charge in [-0.25, -0.2) is 4.68 Å². The van der Waals surface area contributed by atoms with Crippen LogP contribution in [0.15, 0.2) is 5.16 Å². The Hall–Kier alpha value is -1.62. The molecule has 1 atom stereocenters. The highest BCUT2D eigenvalue weighted by Crippen LogP contribution is 2.36. The maximum Gasteiger partial charge on any atom is 0.231 e. The average molecular weight is 294 g/mol. The zero-order valence-electron chi connectivity index (χ0n) is 11.8. The zero-order chi connectivity index (χ0) is 14.8. The number of hydrogen-bond donors (Lipinski definition) is 1. The van der Waals surface area contributed by atoms with Crippen molar-refractivity contribution in [2.24, 2.45) is 5.92 Å². The summed E-state index contributed by atoms with van der Waals surface area (Å²) >= 11 is 1.30. The molecule has 1 aromatic heterocycles. The van der Waals surface area contributed by atoms with Gasteiger partial charge in [-0.05, 0) is 36.1 Å². The lowest BCUT2D eigenvalue weighted by atomic mass is 9.90. The van der Waals surface area contributed by atoms with E-state index in [1.165, 1.54) is 11.8 Å². The molecule has 108 valence electrons. The predicted molar refractivity (Wildman–Crippen MR) is 73.8 cm³/mol. The second-order valence-electron chi connectivity index (χ2n) is 5.44. The monoisotopic (exact) mass is 294 g/mol. The zero-order valence-corrected chi connectivity index (χ0v) is 12.6. The number of nitrogens with one attached hydrogen (secondary N) is 1. The lowest BCUT2D eigenvalue weighted by Gasteiger charge is -2.27. The van der Waals surface area contributed by atoms with Crippen molar-refractivity contribution in [3.05, 3.63) is 0 Å². The number of carbonyl (C=O) groups excluding carboxylic acids is 1. The molecule has 1 N–H and O–H groups in total.